The number of nitrogens with two attached hydrogens (primary N) is 1. The number of nitrogen functional groups attached to an aromatic ring is 1. The molecular weight excluding hydrogens is 442 g/mol. The SMILES string of the molecule is CC1(C)C(=O)Nc2nc(C3=C4C=CN(F)C[N+]4C(Cc4c(F)ccc(F)c4F)=N3)nc(N)c21. The second-order valence-electron chi connectivity index (χ2n) is 8.28. The number of hydrogen-bond donors (Lipinski definition) is 2. The number of fused-ring (bicyclic) bond motifs is 2. The quantitative estimate of drug-likeness (QED) is 0.318. The Morgan fingerprint density at radius 1 is 1.21 bits per heavy atom. The molecule has 0 saturated carbocycles. The van der Waals surface area contributed by atoms with E-state index in [1.54, 1.807) is 13.8 Å². The van der Waals surface area contributed by atoms with Crippen molar-refractivity contribution in [3.05, 3.63) is 64.5 Å². The summed E-state index contributed by atoms with van der Waals surface area (Å²) in [7, 11) is 0. The Morgan fingerprint density at radius 2 is 1.94 bits per heavy atom. The maximum absolute atomic E-state index is 14.3. The molecule has 4 heterocycles. The van der Waals surface area contributed by atoms with E-state index in [4.69, 9.17) is 5.73 Å². The largest absolute Gasteiger partial charge is 0.383 e. The number of carbonyl (C=O) groups excluding carboxylic acids is 1. The molecule has 0 atom stereocenters. The standard InChI is InChI=1S/C21H17F4N7O/c1-21(2)14-17(26)28-19(29-18(14)30-20(21)33)16-12-5-6-31(25)8-32(12)13(27-16)7-9-10(22)3-4-11(23)15(9)24/h3-6H,7-8H2,1-2H3,(H3,26,28,29,30,33)/q+1. The fraction of sp³-hybridized carbons (Fsp3) is 0.238. The van der Waals surface area contributed by atoms with Gasteiger partial charge in [0, 0.05) is 17.8 Å². The maximum atomic E-state index is 14.3. The van der Waals surface area contributed by atoms with Crippen molar-refractivity contribution in [3.8, 4) is 0 Å². The van der Waals surface area contributed by atoms with Crippen LogP contribution in [0.25, 0.3) is 5.70 Å². The summed E-state index contributed by atoms with van der Waals surface area (Å²) in [4.78, 5) is 26.7. The average Bonchev–Trinajstić information content (AvgIpc) is 3.22. The van der Waals surface area contributed by atoms with Crippen LogP contribution >= 0.6 is 0 Å². The molecule has 0 saturated heterocycles. The minimum atomic E-state index is -1.35. The Labute approximate surface area is 185 Å². The number of nitrogens with zero attached hydrogens (tertiary/aromatic N) is 5. The van der Waals surface area contributed by atoms with Gasteiger partial charge in [-0.25, -0.2) is 23.1 Å². The number of benzene rings is 1. The number of halogens is 4. The smallest absolute Gasteiger partial charge is 0.264 e. The maximum Gasteiger partial charge on any atom is 0.264 e. The molecule has 0 spiro atoms. The van der Waals surface area contributed by atoms with Gasteiger partial charge in [0.25, 0.3) is 5.84 Å². The zero-order valence-corrected chi connectivity index (χ0v) is 17.5. The predicted molar refractivity (Wildman–Crippen MR) is 112 cm³/mol. The monoisotopic (exact) mass is 459 g/mol. The first-order valence-electron chi connectivity index (χ1n) is 9.90. The number of rotatable bonds is 3. The normalized spacial score (nSPS) is 19.0. The summed E-state index contributed by atoms with van der Waals surface area (Å²) in [6, 6.07) is 1.49. The zero-order valence-electron chi connectivity index (χ0n) is 17.5. The number of amides is 1. The van der Waals surface area contributed by atoms with E-state index in [1.807, 2.05) is 0 Å². The van der Waals surface area contributed by atoms with E-state index in [0.29, 0.717) is 22.4 Å². The van der Waals surface area contributed by atoms with Crippen LogP contribution < -0.4 is 16.0 Å². The third kappa shape index (κ3) is 3.17. The highest BCUT2D eigenvalue weighted by Crippen LogP contribution is 2.41. The Kier molecular flexibility index (Phi) is 4.53. The molecule has 1 radical (unpaired) electrons. The van der Waals surface area contributed by atoms with Gasteiger partial charge in [-0.2, -0.15) is 10.1 Å². The molecule has 0 fully saturated rings. The lowest BCUT2D eigenvalue weighted by Crippen LogP contribution is -2.42. The third-order valence-electron chi connectivity index (χ3n) is 5.80. The molecule has 1 amide bonds. The van der Waals surface area contributed by atoms with Gasteiger partial charge in [0.2, 0.25) is 18.3 Å². The van der Waals surface area contributed by atoms with Crippen molar-refractivity contribution in [2.45, 2.75) is 25.7 Å². The summed E-state index contributed by atoms with van der Waals surface area (Å²) in [5, 5.41) is 3.01. The number of carbonyl (C=O) groups is 1. The summed E-state index contributed by atoms with van der Waals surface area (Å²) < 4.78 is 56.2. The number of aliphatic imine (C=N–C) groups is 1. The van der Waals surface area contributed by atoms with Crippen LogP contribution in [0, 0.1) is 17.5 Å². The summed E-state index contributed by atoms with van der Waals surface area (Å²) in [5.41, 5.74) is 5.62. The van der Waals surface area contributed by atoms with Crippen molar-refractivity contribution in [3.63, 3.8) is 0 Å². The first kappa shape index (κ1) is 21.1. The number of nitrogens with one attached hydrogen (secondary N) is 1. The van der Waals surface area contributed by atoms with Crippen molar-refractivity contribution in [1.82, 2.24) is 20.0 Å². The van der Waals surface area contributed by atoms with Crippen LogP contribution in [0.2, 0.25) is 0 Å². The molecule has 0 unspecified atom stereocenters. The summed E-state index contributed by atoms with van der Waals surface area (Å²) in [6.07, 6.45) is 2.09. The molecule has 5 rings (SSSR count). The molecule has 0 bridgehead atoms. The molecule has 2 aromatic rings. The minimum Gasteiger partial charge on any atom is -0.383 e. The Hall–Kier alpha value is -3.80. The Morgan fingerprint density at radius 3 is 2.70 bits per heavy atom. The second-order valence-corrected chi connectivity index (χ2v) is 8.28. The second kappa shape index (κ2) is 7.10. The van der Waals surface area contributed by atoms with Crippen LogP contribution in [0.1, 0.15) is 30.8 Å². The van der Waals surface area contributed by atoms with Gasteiger partial charge in [-0.05, 0) is 26.0 Å². The average molecular weight is 459 g/mol. The van der Waals surface area contributed by atoms with E-state index >= 15 is 0 Å². The first-order valence-corrected chi connectivity index (χ1v) is 9.90. The highest BCUT2D eigenvalue weighted by molar-refractivity contribution is 6.06. The van der Waals surface area contributed by atoms with Crippen LogP contribution in [0.15, 0.2) is 35.1 Å². The highest BCUT2D eigenvalue weighted by atomic mass is 19.2. The number of anilines is 2. The fourth-order valence-corrected chi connectivity index (χ4v) is 4.03. The van der Waals surface area contributed by atoms with Gasteiger partial charge in [0.05, 0.1) is 17.4 Å². The lowest BCUT2D eigenvalue weighted by Gasteiger charge is -2.17. The van der Waals surface area contributed by atoms with Gasteiger partial charge in [0.15, 0.2) is 23.2 Å². The van der Waals surface area contributed by atoms with Gasteiger partial charge in [-0.15, -0.1) is 0 Å². The van der Waals surface area contributed by atoms with Crippen molar-refractivity contribution in [2.75, 3.05) is 17.7 Å². The van der Waals surface area contributed by atoms with Gasteiger partial charge in [-0.1, -0.05) is 9.38 Å². The molecule has 33 heavy (non-hydrogen) atoms. The summed E-state index contributed by atoms with van der Waals surface area (Å²) in [6.45, 7) is 3.05. The Balaban J connectivity index is 1.61. The molecular formula is C21H17F4N7O+. The van der Waals surface area contributed by atoms with Crippen molar-refractivity contribution < 1.29 is 22.4 Å². The van der Waals surface area contributed by atoms with Crippen LogP contribution in [-0.2, 0) is 16.6 Å². The lowest BCUT2D eigenvalue weighted by atomic mass is 9.87. The number of hydrogen-bond acceptors (Lipinski definition) is 7. The van der Waals surface area contributed by atoms with Crippen LogP contribution in [0.3, 0.4) is 0 Å². The molecule has 12 heteroatoms. The highest BCUT2D eigenvalue weighted by Gasteiger charge is 2.45. The van der Waals surface area contributed by atoms with E-state index in [0.717, 1.165) is 12.3 Å². The van der Waals surface area contributed by atoms with Crippen LogP contribution in [0.5, 0.6) is 0 Å². The van der Waals surface area contributed by atoms with E-state index in [2.05, 4.69) is 20.3 Å². The fourth-order valence-electron chi connectivity index (χ4n) is 4.03. The molecule has 3 N–H and O–H groups in total. The van der Waals surface area contributed by atoms with Crippen molar-refractivity contribution in [2.24, 2.45) is 4.99 Å². The molecule has 169 valence electrons. The first-order chi connectivity index (χ1) is 15.6. The van der Waals surface area contributed by atoms with E-state index in [-0.39, 0.29) is 41.6 Å². The third-order valence-corrected chi connectivity index (χ3v) is 5.80. The lowest BCUT2D eigenvalue weighted by molar-refractivity contribution is -0.119. The summed E-state index contributed by atoms with van der Waals surface area (Å²) in [5.74, 6) is -3.43. The van der Waals surface area contributed by atoms with Crippen molar-refractivity contribution >= 4 is 29.1 Å². The zero-order chi connectivity index (χ0) is 23.7. The van der Waals surface area contributed by atoms with Crippen LogP contribution in [0.4, 0.5) is 29.3 Å². The number of aromatic nitrogens is 2. The van der Waals surface area contributed by atoms with Gasteiger partial charge < -0.3 is 11.1 Å². The predicted octanol–water partition coefficient (Wildman–Crippen LogP) is 2.84. The van der Waals surface area contributed by atoms with Crippen LogP contribution in [-0.4, -0.2) is 33.5 Å². The summed E-state index contributed by atoms with van der Waals surface area (Å²) >= 11 is 0. The van der Waals surface area contributed by atoms with E-state index in [1.165, 1.54) is 11.0 Å². The van der Waals surface area contributed by atoms with E-state index in [9.17, 15) is 22.4 Å². The van der Waals surface area contributed by atoms with Gasteiger partial charge >= 0.3 is 0 Å². The van der Waals surface area contributed by atoms with Gasteiger partial charge in [0.1, 0.15) is 17.5 Å². The molecule has 3 aliphatic rings. The minimum absolute atomic E-state index is 0.0383. The topological polar surface area (TPSA) is 102 Å². The van der Waals surface area contributed by atoms with E-state index < -0.39 is 34.9 Å². The van der Waals surface area contributed by atoms with Gasteiger partial charge in [-0.3, -0.25) is 4.79 Å². The molecule has 3 aliphatic heterocycles. The molecule has 1 aromatic carbocycles. The molecule has 0 aliphatic carbocycles. The number of allylic oxidation sites excluding steroid dienone is 1. The Bertz CT molecular complexity index is 1320. The van der Waals surface area contributed by atoms with Crippen molar-refractivity contribution in [1.29, 1.82) is 0 Å². The molecule has 1 aromatic heterocycles. The number of amidine groups is 1. The molecule has 8 nitrogen and oxygen atoms in total.